The second kappa shape index (κ2) is 12.7. The standard InChI is InChI=1S/C24H33NO4/c1-4-15-25-24(26)20-11-14-22(23(18-20)27-3)29-17-8-6-7-16-28-21-12-9-19(5-2)10-13-21/h9-14,18H,4-8,15-17H2,1-3H3,(H,25,26). The van der Waals surface area contributed by atoms with E-state index in [0.717, 1.165) is 37.9 Å². The summed E-state index contributed by atoms with van der Waals surface area (Å²) in [6.45, 7) is 6.13. The molecule has 0 fully saturated rings. The second-order valence-corrected chi connectivity index (χ2v) is 6.88. The fourth-order valence-electron chi connectivity index (χ4n) is 2.84. The number of amides is 1. The molecule has 5 nitrogen and oxygen atoms in total. The summed E-state index contributed by atoms with van der Waals surface area (Å²) in [4.78, 5) is 12.1. The van der Waals surface area contributed by atoms with Crippen LogP contribution in [0.5, 0.6) is 17.2 Å². The predicted molar refractivity (Wildman–Crippen MR) is 116 cm³/mol. The minimum atomic E-state index is -0.0963. The highest BCUT2D eigenvalue weighted by Crippen LogP contribution is 2.28. The van der Waals surface area contributed by atoms with Crippen LogP contribution >= 0.6 is 0 Å². The molecule has 1 amide bonds. The summed E-state index contributed by atoms with van der Waals surface area (Å²) in [7, 11) is 1.58. The van der Waals surface area contributed by atoms with Crippen LogP contribution in [0.15, 0.2) is 42.5 Å². The third-order valence-corrected chi connectivity index (χ3v) is 4.61. The van der Waals surface area contributed by atoms with E-state index in [0.29, 0.717) is 36.8 Å². The van der Waals surface area contributed by atoms with Gasteiger partial charge in [0.05, 0.1) is 20.3 Å². The molecule has 5 heteroatoms. The normalized spacial score (nSPS) is 10.4. The molecule has 1 N–H and O–H groups in total. The van der Waals surface area contributed by atoms with Crippen LogP contribution in [0.4, 0.5) is 0 Å². The highest BCUT2D eigenvalue weighted by molar-refractivity contribution is 5.94. The van der Waals surface area contributed by atoms with Gasteiger partial charge < -0.3 is 19.5 Å². The number of methoxy groups -OCH3 is 1. The molecule has 0 saturated carbocycles. The van der Waals surface area contributed by atoms with Crippen LogP contribution in [0, 0.1) is 0 Å². The Kier molecular flexibility index (Phi) is 9.90. The van der Waals surface area contributed by atoms with Gasteiger partial charge >= 0.3 is 0 Å². The maximum Gasteiger partial charge on any atom is 0.251 e. The summed E-state index contributed by atoms with van der Waals surface area (Å²) in [5.74, 6) is 2.06. The Morgan fingerprint density at radius 2 is 1.62 bits per heavy atom. The Morgan fingerprint density at radius 1 is 0.897 bits per heavy atom. The van der Waals surface area contributed by atoms with E-state index in [1.165, 1.54) is 5.56 Å². The van der Waals surface area contributed by atoms with Crippen LogP contribution in [0.1, 0.15) is 55.5 Å². The number of aryl methyl sites for hydroxylation is 1. The minimum Gasteiger partial charge on any atom is -0.494 e. The molecule has 0 unspecified atom stereocenters. The zero-order chi connectivity index (χ0) is 20.9. The van der Waals surface area contributed by atoms with E-state index >= 15 is 0 Å². The molecule has 0 aliphatic carbocycles. The van der Waals surface area contributed by atoms with Crippen molar-refractivity contribution >= 4 is 5.91 Å². The highest BCUT2D eigenvalue weighted by Gasteiger charge is 2.10. The average molecular weight is 400 g/mol. The van der Waals surface area contributed by atoms with E-state index in [1.54, 1.807) is 25.3 Å². The number of hydrogen-bond donors (Lipinski definition) is 1. The Balaban J connectivity index is 1.68. The van der Waals surface area contributed by atoms with Gasteiger partial charge in [0.2, 0.25) is 0 Å². The topological polar surface area (TPSA) is 56.8 Å². The predicted octanol–water partition coefficient (Wildman–Crippen LogP) is 5.03. The van der Waals surface area contributed by atoms with Crippen LogP contribution in [-0.4, -0.2) is 32.8 Å². The van der Waals surface area contributed by atoms with Crippen molar-refractivity contribution in [1.29, 1.82) is 0 Å². The van der Waals surface area contributed by atoms with Gasteiger partial charge in [-0.2, -0.15) is 0 Å². The molecule has 2 aromatic carbocycles. The third-order valence-electron chi connectivity index (χ3n) is 4.61. The summed E-state index contributed by atoms with van der Waals surface area (Å²) in [6.07, 6.45) is 4.87. The summed E-state index contributed by atoms with van der Waals surface area (Å²) < 4.78 is 17.0. The molecule has 0 radical (unpaired) electrons. The summed E-state index contributed by atoms with van der Waals surface area (Å²) in [5, 5.41) is 2.86. The van der Waals surface area contributed by atoms with Gasteiger partial charge in [-0.25, -0.2) is 0 Å². The van der Waals surface area contributed by atoms with Crippen LogP contribution in [0.2, 0.25) is 0 Å². The largest absolute Gasteiger partial charge is 0.494 e. The van der Waals surface area contributed by atoms with Gasteiger partial charge in [0, 0.05) is 12.1 Å². The van der Waals surface area contributed by atoms with Crippen LogP contribution in [0.3, 0.4) is 0 Å². The van der Waals surface area contributed by atoms with Gasteiger partial charge in [-0.1, -0.05) is 26.0 Å². The first kappa shape index (κ1) is 22.6. The number of carbonyl (C=O) groups is 1. The number of ether oxygens (including phenoxy) is 3. The van der Waals surface area contributed by atoms with Crippen molar-refractivity contribution in [2.45, 2.75) is 46.0 Å². The van der Waals surface area contributed by atoms with Crippen LogP contribution < -0.4 is 19.5 Å². The highest BCUT2D eigenvalue weighted by atomic mass is 16.5. The number of benzene rings is 2. The third kappa shape index (κ3) is 7.68. The van der Waals surface area contributed by atoms with Crippen molar-refractivity contribution in [3.63, 3.8) is 0 Å². The van der Waals surface area contributed by atoms with Crippen molar-refractivity contribution < 1.29 is 19.0 Å². The lowest BCUT2D eigenvalue weighted by atomic mass is 10.2. The fraction of sp³-hybridized carbons (Fsp3) is 0.458. The number of hydrogen-bond acceptors (Lipinski definition) is 4. The summed E-state index contributed by atoms with van der Waals surface area (Å²) >= 11 is 0. The van der Waals surface area contributed by atoms with E-state index in [9.17, 15) is 4.79 Å². The van der Waals surface area contributed by atoms with Gasteiger partial charge in [-0.3, -0.25) is 4.79 Å². The lowest BCUT2D eigenvalue weighted by Crippen LogP contribution is -2.23. The maximum absolute atomic E-state index is 12.1. The number of nitrogens with one attached hydrogen (secondary N) is 1. The molecule has 0 saturated heterocycles. The van der Waals surface area contributed by atoms with Crippen LogP contribution in [-0.2, 0) is 6.42 Å². The van der Waals surface area contributed by atoms with Gasteiger partial charge in [0.1, 0.15) is 5.75 Å². The summed E-state index contributed by atoms with van der Waals surface area (Å²) in [6, 6.07) is 13.5. The Bertz CT molecular complexity index is 743. The number of rotatable bonds is 13. The molecule has 0 aliphatic rings. The smallest absolute Gasteiger partial charge is 0.251 e. The van der Waals surface area contributed by atoms with E-state index < -0.39 is 0 Å². The molecular formula is C24H33NO4. The summed E-state index contributed by atoms with van der Waals surface area (Å²) in [5.41, 5.74) is 1.89. The Labute approximate surface area is 174 Å². The van der Waals surface area contributed by atoms with E-state index in [4.69, 9.17) is 14.2 Å². The van der Waals surface area contributed by atoms with Gasteiger partial charge in [-0.05, 0) is 68.0 Å². The quantitative estimate of drug-likeness (QED) is 0.480. The van der Waals surface area contributed by atoms with Crippen molar-refractivity contribution in [2.24, 2.45) is 0 Å². The van der Waals surface area contributed by atoms with Gasteiger partial charge in [0.15, 0.2) is 11.5 Å². The molecular weight excluding hydrogens is 366 g/mol. The zero-order valence-corrected chi connectivity index (χ0v) is 17.8. The molecule has 0 aromatic heterocycles. The molecule has 0 atom stereocenters. The van der Waals surface area contributed by atoms with Gasteiger partial charge in [0.25, 0.3) is 5.91 Å². The Morgan fingerprint density at radius 3 is 2.28 bits per heavy atom. The lowest BCUT2D eigenvalue weighted by molar-refractivity contribution is 0.0953. The van der Waals surface area contributed by atoms with E-state index in [-0.39, 0.29) is 5.91 Å². The maximum atomic E-state index is 12.1. The zero-order valence-electron chi connectivity index (χ0n) is 17.8. The number of carbonyl (C=O) groups excluding carboxylic acids is 1. The molecule has 2 rings (SSSR count). The first-order valence-corrected chi connectivity index (χ1v) is 10.5. The van der Waals surface area contributed by atoms with E-state index in [1.807, 2.05) is 19.1 Å². The molecule has 0 bridgehead atoms. The first-order valence-electron chi connectivity index (χ1n) is 10.5. The molecule has 0 aliphatic heterocycles. The molecule has 2 aromatic rings. The van der Waals surface area contributed by atoms with Crippen LogP contribution in [0.25, 0.3) is 0 Å². The SMILES string of the molecule is CCCNC(=O)c1ccc(OCCCCCOc2ccc(CC)cc2)c(OC)c1. The number of unbranched alkanes of at least 4 members (excludes halogenated alkanes) is 2. The van der Waals surface area contributed by atoms with Gasteiger partial charge in [-0.15, -0.1) is 0 Å². The van der Waals surface area contributed by atoms with Crippen molar-refractivity contribution in [3.8, 4) is 17.2 Å². The molecule has 158 valence electrons. The molecule has 0 spiro atoms. The molecule has 29 heavy (non-hydrogen) atoms. The van der Waals surface area contributed by atoms with Crippen molar-refractivity contribution in [3.05, 3.63) is 53.6 Å². The van der Waals surface area contributed by atoms with Crippen molar-refractivity contribution in [2.75, 3.05) is 26.9 Å². The monoisotopic (exact) mass is 399 g/mol. The lowest BCUT2D eigenvalue weighted by Gasteiger charge is -2.12. The average Bonchev–Trinajstić information content (AvgIpc) is 2.77. The minimum absolute atomic E-state index is 0.0963. The Hall–Kier alpha value is -2.69. The van der Waals surface area contributed by atoms with E-state index in [2.05, 4.69) is 24.4 Å². The molecule has 0 heterocycles. The van der Waals surface area contributed by atoms with Crippen molar-refractivity contribution in [1.82, 2.24) is 5.32 Å². The second-order valence-electron chi connectivity index (χ2n) is 6.88. The first-order chi connectivity index (χ1) is 14.2. The fourth-order valence-corrected chi connectivity index (χ4v) is 2.84.